The summed E-state index contributed by atoms with van der Waals surface area (Å²) in [5.74, 6) is -0.119. The van der Waals surface area contributed by atoms with Crippen LogP contribution in [-0.2, 0) is 4.79 Å². The van der Waals surface area contributed by atoms with Crippen molar-refractivity contribution in [1.82, 2.24) is 10.2 Å². The molecule has 0 radical (unpaired) electrons. The van der Waals surface area contributed by atoms with Gasteiger partial charge in [-0.2, -0.15) is 0 Å². The topological polar surface area (TPSA) is 72.8 Å². The first-order chi connectivity index (χ1) is 6.41. The number of carbonyl (C=O) groups is 1. The zero-order valence-electron chi connectivity index (χ0n) is 9.03. The largest absolute Gasteiger partial charge is 0.392 e. The van der Waals surface area contributed by atoms with Crippen LogP contribution in [-0.4, -0.2) is 53.0 Å². The minimum absolute atomic E-state index is 0.119. The maximum Gasteiger partial charge on any atom is 0.217 e. The van der Waals surface area contributed by atoms with Crippen molar-refractivity contribution >= 4 is 5.91 Å². The summed E-state index contributed by atoms with van der Waals surface area (Å²) in [4.78, 5) is 12.4. The molecule has 0 spiro atoms. The summed E-state index contributed by atoms with van der Waals surface area (Å²) in [5, 5.41) is 21.0. The minimum atomic E-state index is -0.470. The van der Waals surface area contributed by atoms with E-state index in [2.05, 4.69) is 5.32 Å². The Labute approximate surface area is 84.7 Å². The lowest BCUT2D eigenvalue weighted by atomic mass is 10.3. The molecular weight excluding hydrogens is 184 g/mol. The first kappa shape index (κ1) is 13.4. The smallest absolute Gasteiger partial charge is 0.217 e. The number of hydrogen-bond donors (Lipinski definition) is 3. The van der Waals surface area contributed by atoms with Gasteiger partial charge >= 0.3 is 0 Å². The summed E-state index contributed by atoms with van der Waals surface area (Å²) in [7, 11) is 0. The van der Waals surface area contributed by atoms with Gasteiger partial charge in [0.1, 0.15) is 0 Å². The van der Waals surface area contributed by atoms with Crippen molar-refractivity contribution < 1.29 is 15.0 Å². The van der Waals surface area contributed by atoms with Gasteiger partial charge in [-0.1, -0.05) is 0 Å². The van der Waals surface area contributed by atoms with Gasteiger partial charge in [-0.05, 0) is 13.8 Å². The molecule has 0 bridgehead atoms. The lowest BCUT2D eigenvalue weighted by Gasteiger charge is -2.24. The number of aliphatic hydroxyl groups excluding tert-OH is 2. The number of aliphatic hydroxyl groups is 2. The molecule has 2 unspecified atom stereocenters. The highest BCUT2D eigenvalue weighted by molar-refractivity contribution is 5.72. The van der Waals surface area contributed by atoms with Gasteiger partial charge in [0.2, 0.25) is 5.91 Å². The highest BCUT2D eigenvalue weighted by Crippen LogP contribution is 1.93. The molecule has 0 aromatic heterocycles. The highest BCUT2D eigenvalue weighted by atomic mass is 16.3. The second-order valence-corrected chi connectivity index (χ2v) is 3.63. The van der Waals surface area contributed by atoms with Gasteiger partial charge in [-0.15, -0.1) is 0 Å². The predicted molar refractivity (Wildman–Crippen MR) is 53.6 cm³/mol. The molecule has 2 atom stereocenters. The lowest BCUT2D eigenvalue weighted by Crippen LogP contribution is -2.43. The molecule has 0 rings (SSSR count). The standard InChI is InChI=1S/C9H20N2O3/c1-7(12)4-11(5-8(2)13)6-10-9(3)14/h7-8,12-13H,4-6H2,1-3H3,(H,10,14). The summed E-state index contributed by atoms with van der Waals surface area (Å²) in [5.41, 5.74) is 0. The molecule has 0 aromatic rings. The summed E-state index contributed by atoms with van der Waals surface area (Å²) < 4.78 is 0. The highest BCUT2D eigenvalue weighted by Gasteiger charge is 2.10. The van der Waals surface area contributed by atoms with Crippen LogP contribution in [0.1, 0.15) is 20.8 Å². The van der Waals surface area contributed by atoms with E-state index in [1.54, 1.807) is 18.7 Å². The van der Waals surface area contributed by atoms with E-state index >= 15 is 0 Å². The molecule has 0 heterocycles. The fourth-order valence-corrected chi connectivity index (χ4v) is 1.17. The van der Waals surface area contributed by atoms with Gasteiger partial charge in [0.15, 0.2) is 0 Å². The Morgan fingerprint density at radius 2 is 1.71 bits per heavy atom. The normalized spacial score (nSPS) is 15.3. The average molecular weight is 204 g/mol. The van der Waals surface area contributed by atoms with Gasteiger partial charge in [0.05, 0.1) is 18.9 Å². The van der Waals surface area contributed by atoms with Gasteiger partial charge < -0.3 is 15.5 Å². The number of amides is 1. The van der Waals surface area contributed by atoms with Crippen molar-refractivity contribution in [2.45, 2.75) is 33.0 Å². The fourth-order valence-electron chi connectivity index (χ4n) is 1.17. The van der Waals surface area contributed by atoms with Crippen LogP contribution in [0.15, 0.2) is 0 Å². The van der Waals surface area contributed by atoms with Gasteiger partial charge in [-0.3, -0.25) is 9.69 Å². The third kappa shape index (κ3) is 7.97. The van der Waals surface area contributed by atoms with Gasteiger partial charge in [-0.25, -0.2) is 0 Å². The Hall–Kier alpha value is -0.650. The van der Waals surface area contributed by atoms with E-state index in [4.69, 9.17) is 10.2 Å². The fraction of sp³-hybridized carbons (Fsp3) is 0.889. The summed E-state index contributed by atoms with van der Waals surface area (Å²) in [6.07, 6.45) is -0.940. The minimum Gasteiger partial charge on any atom is -0.392 e. The quantitative estimate of drug-likeness (QED) is 0.492. The molecule has 0 aliphatic rings. The Balaban J connectivity index is 3.90. The zero-order valence-corrected chi connectivity index (χ0v) is 9.03. The maximum atomic E-state index is 10.7. The number of nitrogens with one attached hydrogen (secondary N) is 1. The SMILES string of the molecule is CC(=O)NCN(CC(C)O)CC(C)O. The number of nitrogens with zero attached hydrogens (tertiary/aromatic N) is 1. The van der Waals surface area contributed by atoms with Crippen LogP contribution in [0.25, 0.3) is 0 Å². The van der Waals surface area contributed by atoms with Crippen molar-refractivity contribution in [3.63, 3.8) is 0 Å². The van der Waals surface area contributed by atoms with Crippen molar-refractivity contribution in [3.05, 3.63) is 0 Å². The van der Waals surface area contributed by atoms with Crippen LogP contribution < -0.4 is 5.32 Å². The molecule has 0 saturated heterocycles. The Morgan fingerprint density at radius 1 is 1.29 bits per heavy atom. The van der Waals surface area contributed by atoms with Gasteiger partial charge in [0, 0.05) is 20.0 Å². The molecule has 5 heteroatoms. The molecule has 0 fully saturated rings. The Kier molecular flexibility index (Phi) is 6.44. The van der Waals surface area contributed by atoms with Crippen LogP contribution in [0.2, 0.25) is 0 Å². The lowest BCUT2D eigenvalue weighted by molar-refractivity contribution is -0.119. The van der Waals surface area contributed by atoms with Crippen LogP contribution in [0.3, 0.4) is 0 Å². The third-order valence-corrected chi connectivity index (χ3v) is 1.60. The van der Waals surface area contributed by atoms with E-state index in [-0.39, 0.29) is 5.91 Å². The van der Waals surface area contributed by atoms with E-state index in [0.717, 1.165) is 0 Å². The summed E-state index contributed by atoms with van der Waals surface area (Å²) in [6.45, 7) is 6.00. The molecule has 3 N–H and O–H groups in total. The number of carbonyl (C=O) groups excluding carboxylic acids is 1. The third-order valence-electron chi connectivity index (χ3n) is 1.60. The van der Waals surface area contributed by atoms with E-state index < -0.39 is 12.2 Å². The van der Waals surface area contributed by atoms with Crippen molar-refractivity contribution in [1.29, 1.82) is 0 Å². The summed E-state index contributed by atoms with van der Waals surface area (Å²) in [6, 6.07) is 0. The predicted octanol–water partition coefficient (Wildman–Crippen LogP) is -0.856. The molecule has 0 aliphatic carbocycles. The van der Waals surface area contributed by atoms with Crippen LogP contribution >= 0.6 is 0 Å². The summed E-state index contributed by atoms with van der Waals surface area (Å²) >= 11 is 0. The molecule has 0 aromatic carbocycles. The number of hydrogen-bond acceptors (Lipinski definition) is 4. The van der Waals surface area contributed by atoms with Crippen molar-refractivity contribution in [2.24, 2.45) is 0 Å². The average Bonchev–Trinajstić information content (AvgIpc) is 1.97. The second-order valence-electron chi connectivity index (χ2n) is 3.63. The van der Waals surface area contributed by atoms with Crippen LogP contribution in [0.5, 0.6) is 0 Å². The Bertz CT molecular complexity index is 161. The van der Waals surface area contributed by atoms with E-state index in [1.165, 1.54) is 6.92 Å². The van der Waals surface area contributed by atoms with Gasteiger partial charge in [0.25, 0.3) is 0 Å². The van der Waals surface area contributed by atoms with Crippen molar-refractivity contribution in [3.8, 4) is 0 Å². The first-order valence-electron chi connectivity index (χ1n) is 4.74. The van der Waals surface area contributed by atoms with Crippen LogP contribution in [0, 0.1) is 0 Å². The first-order valence-corrected chi connectivity index (χ1v) is 4.74. The molecule has 14 heavy (non-hydrogen) atoms. The van der Waals surface area contributed by atoms with E-state index in [1.807, 2.05) is 0 Å². The maximum absolute atomic E-state index is 10.7. The Morgan fingerprint density at radius 3 is 2.00 bits per heavy atom. The molecule has 0 aliphatic heterocycles. The molecular formula is C9H20N2O3. The molecule has 1 amide bonds. The second kappa shape index (κ2) is 6.75. The van der Waals surface area contributed by atoms with Crippen LogP contribution in [0.4, 0.5) is 0 Å². The van der Waals surface area contributed by atoms with Crippen molar-refractivity contribution in [2.75, 3.05) is 19.8 Å². The molecule has 5 nitrogen and oxygen atoms in total. The molecule has 84 valence electrons. The monoisotopic (exact) mass is 204 g/mol. The molecule has 0 saturated carbocycles. The zero-order chi connectivity index (χ0) is 11.1. The number of rotatable bonds is 6. The van der Waals surface area contributed by atoms with E-state index in [0.29, 0.717) is 19.8 Å². The van der Waals surface area contributed by atoms with E-state index in [9.17, 15) is 4.79 Å².